The van der Waals surface area contributed by atoms with E-state index in [9.17, 15) is 19.2 Å². The third kappa shape index (κ3) is 8.41. The number of benzene rings is 4. The molecule has 3 aliphatic heterocycles. The Morgan fingerprint density at radius 1 is 0.848 bits per heavy atom. The van der Waals surface area contributed by atoms with Crippen molar-refractivity contribution in [2.45, 2.75) is 70.8 Å². The molecule has 0 saturated carbocycles. The van der Waals surface area contributed by atoms with Crippen LogP contribution < -0.4 is 15.4 Å². The molecule has 2 fully saturated rings. The molecule has 5 heterocycles. The summed E-state index contributed by atoms with van der Waals surface area (Å²) in [5.41, 5.74) is 7.10. The van der Waals surface area contributed by atoms with E-state index < -0.39 is 30.3 Å². The van der Waals surface area contributed by atoms with Gasteiger partial charge in [0.05, 0.1) is 55.8 Å². The van der Waals surface area contributed by atoms with Crippen LogP contribution in [0.3, 0.4) is 0 Å². The third-order valence-corrected chi connectivity index (χ3v) is 13.5. The summed E-state index contributed by atoms with van der Waals surface area (Å²) in [5, 5.41) is 7.43. The van der Waals surface area contributed by atoms with Gasteiger partial charge in [0.2, 0.25) is 5.91 Å². The first-order valence-corrected chi connectivity index (χ1v) is 22.6. The summed E-state index contributed by atoms with van der Waals surface area (Å²) in [6, 6.07) is 21.4. The highest BCUT2D eigenvalue weighted by Gasteiger charge is 2.43. The summed E-state index contributed by atoms with van der Waals surface area (Å²) in [5.74, 6) is 1.94. The van der Waals surface area contributed by atoms with E-state index in [1.165, 1.54) is 14.2 Å². The van der Waals surface area contributed by atoms with Gasteiger partial charge in [0, 0.05) is 37.1 Å². The second kappa shape index (κ2) is 18.5. The molecule has 2 aromatic heterocycles. The van der Waals surface area contributed by atoms with Crippen molar-refractivity contribution in [2.75, 3.05) is 41.0 Å². The second-order valence-corrected chi connectivity index (χ2v) is 17.9. The topological polar surface area (TPSA) is 193 Å². The van der Waals surface area contributed by atoms with Crippen molar-refractivity contribution in [1.82, 2.24) is 40.4 Å². The van der Waals surface area contributed by atoms with Crippen molar-refractivity contribution in [3.05, 3.63) is 102 Å². The number of hydrogen-bond acceptors (Lipinski definition) is 10. The molecule has 4 N–H and O–H groups in total. The molecule has 6 aromatic rings. The van der Waals surface area contributed by atoms with Crippen LogP contribution >= 0.6 is 0 Å². The van der Waals surface area contributed by atoms with E-state index in [1.54, 1.807) is 12.0 Å². The molecule has 344 valence electrons. The van der Waals surface area contributed by atoms with Crippen molar-refractivity contribution in [3.8, 4) is 28.1 Å². The average Bonchev–Trinajstić information content (AvgIpc) is 4.17. The number of ether oxygens (including phenoxy) is 4. The molecule has 7 atom stereocenters. The summed E-state index contributed by atoms with van der Waals surface area (Å²) in [6.45, 7) is 7.91. The highest BCUT2D eigenvalue weighted by atomic mass is 16.5. The summed E-state index contributed by atoms with van der Waals surface area (Å²) in [7, 11) is 4.23. The van der Waals surface area contributed by atoms with Crippen molar-refractivity contribution >= 4 is 45.8 Å². The molecule has 3 aliphatic rings. The maximum absolute atomic E-state index is 14.4. The summed E-state index contributed by atoms with van der Waals surface area (Å²) < 4.78 is 21.8. The monoisotopic (exact) mass is 896 g/mol. The number of hydrogen-bond donors (Lipinski definition) is 4. The zero-order valence-electron chi connectivity index (χ0n) is 38.1. The first-order chi connectivity index (χ1) is 32.0. The smallest absolute Gasteiger partial charge is 0.407 e. The lowest BCUT2D eigenvalue weighted by Crippen LogP contribution is -2.51. The van der Waals surface area contributed by atoms with Crippen LogP contribution in [0.4, 0.5) is 9.59 Å². The highest BCUT2D eigenvalue weighted by molar-refractivity contribution is 6.07. The molecule has 16 heteroatoms. The van der Waals surface area contributed by atoms with Crippen molar-refractivity contribution < 1.29 is 38.1 Å². The number of aromatic amines is 2. The predicted molar refractivity (Wildman–Crippen MR) is 247 cm³/mol. The summed E-state index contributed by atoms with van der Waals surface area (Å²) in [4.78, 5) is 73.8. The number of alkyl carbamates (subject to hydrolysis) is 2. The predicted octanol–water partition coefficient (Wildman–Crippen LogP) is 7.98. The van der Waals surface area contributed by atoms with Gasteiger partial charge in [-0.25, -0.2) is 19.6 Å². The number of likely N-dealkylation sites (tertiary alicyclic amines) is 2. The van der Waals surface area contributed by atoms with Crippen LogP contribution in [0.2, 0.25) is 0 Å². The van der Waals surface area contributed by atoms with Gasteiger partial charge in [-0.15, -0.1) is 0 Å². The summed E-state index contributed by atoms with van der Waals surface area (Å²) >= 11 is 0. The van der Waals surface area contributed by atoms with Crippen LogP contribution in [0.15, 0.2) is 79.0 Å². The Kier molecular flexibility index (Phi) is 12.4. The second-order valence-electron chi connectivity index (χ2n) is 17.9. The van der Waals surface area contributed by atoms with Gasteiger partial charge >= 0.3 is 12.2 Å². The molecule has 2 unspecified atom stereocenters. The Labute approximate surface area is 382 Å². The zero-order chi connectivity index (χ0) is 46.2. The Balaban J connectivity index is 0.979. The number of amides is 4. The number of methoxy groups -OCH3 is 3. The molecule has 16 nitrogen and oxygen atoms in total. The molecule has 2 saturated heterocycles. The lowest BCUT2D eigenvalue weighted by atomic mass is 9.92. The molecule has 0 spiro atoms. The molecule has 9 rings (SSSR count). The molecule has 66 heavy (non-hydrogen) atoms. The number of fused-ring (bicyclic) bond motifs is 6. The van der Waals surface area contributed by atoms with Crippen LogP contribution in [-0.4, -0.2) is 101 Å². The highest BCUT2D eigenvalue weighted by Crippen LogP contribution is 2.44. The minimum absolute atomic E-state index is 0.0579. The first kappa shape index (κ1) is 44.3. The van der Waals surface area contributed by atoms with Crippen LogP contribution in [-0.2, 0) is 30.4 Å². The number of nitrogens with zero attached hydrogens (tertiary/aromatic N) is 4. The largest absolute Gasteiger partial charge is 0.488 e. The maximum atomic E-state index is 14.4. The Bertz CT molecular complexity index is 2790. The number of H-pyrrole nitrogens is 2. The molecule has 0 radical (unpaired) electrons. The molecular formula is C50H56N8O8. The van der Waals surface area contributed by atoms with Gasteiger partial charge in [-0.05, 0) is 76.6 Å². The molecule has 0 aliphatic carbocycles. The van der Waals surface area contributed by atoms with E-state index in [1.807, 2.05) is 61.3 Å². The average molecular weight is 897 g/mol. The van der Waals surface area contributed by atoms with Gasteiger partial charge in [-0.1, -0.05) is 75.7 Å². The number of carbonyl (C=O) groups excluding carboxylic acids is 4. The van der Waals surface area contributed by atoms with Gasteiger partial charge in [0.15, 0.2) is 0 Å². The van der Waals surface area contributed by atoms with Gasteiger partial charge < -0.3 is 49.3 Å². The van der Waals surface area contributed by atoms with Gasteiger partial charge in [-0.3, -0.25) is 9.59 Å². The fraction of sp³-hybridized carbons (Fsp3) is 0.400. The Morgan fingerprint density at radius 2 is 1.61 bits per heavy atom. The van der Waals surface area contributed by atoms with E-state index in [4.69, 9.17) is 28.9 Å². The van der Waals surface area contributed by atoms with E-state index >= 15 is 0 Å². The lowest BCUT2D eigenvalue weighted by Gasteiger charge is -2.30. The van der Waals surface area contributed by atoms with Crippen LogP contribution in [0, 0.1) is 17.8 Å². The Morgan fingerprint density at radius 3 is 2.36 bits per heavy atom. The summed E-state index contributed by atoms with van der Waals surface area (Å²) in [6.07, 6.45) is 2.58. The van der Waals surface area contributed by atoms with Crippen molar-refractivity contribution in [2.24, 2.45) is 17.8 Å². The fourth-order valence-corrected chi connectivity index (χ4v) is 9.94. The normalized spacial score (nSPS) is 20.3. The van der Waals surface area contributed by atoms with E-state index in [0.29, 0.717) is 56.4 Å². The van der Waals surface area contributed by atoms with Crippen LogP contribution in [0.1, 0.15) is 80.9 Å². The number of rotatable bonds is 12. The van der Waals surface area contributed by atoms with Gasteiger partial charge in [-0.2, -0.15) is 0 Å². The third-order valence-electron chi connectivity index (χ3n) is 13.5. The SMILES string of the molecule is CC[C@H](C)[C@H](NC(=O)OC)C(=O)N1C[C@@H](C)CC1c1ncc(-c2ccc3c(c2)COc2cc4c(ccc5[nH]c([C@@H]6C[C@H](COC)CN6C(=O)C(NC(=O)OC)c6ccccc6)nc54)cc2-3)[nH]1. The number of imidazole rings is 2. The van der Waals surface area contributed by atoms with Crippen LogP contribution in [0.5, 0.6) is 5.75 Å². The fourth-order valence-electron chi connectivity index (χ4n) is 9.94. The molecular weight excluding hydrogens is 841 g/mol. The maximum Gasteiger partial charge on any atom is 0.407 e. The first-order valence-electron chi connectivity index (χ1n) is 22.6. The lowest BCUT2D eigenvalue weighted by molar-refractivity contribution is -0.136. The minimum Gasteiger partial charge on any atom is -0.488 e. The number of aromatic nitrogens is 4. The van der Waals surface area contributed by atoms with Gasteiger partial charge in [0.1, 0.15) is 36.1 Å². The van der Waals surface area contributed by atoms with Crippen LogP contribution in [0.25, 0.3) is 44.2 Å². The van der Waals surface area contributed by atoms with Gasteiger partial charge in [0.25, 0.3) is 5.91 Å². The number of nitrogens with one attached hydrogen (secondary N) is 4. The standard InChI is InChI=1S/C50H56N8O8/c1-7-28(3)42(55-49(61)64-5)47(59)57-23-27(2)17-39(57)45-51-22-38(53-45)32-13-15-34-33(19-32)26-66-41-21-35-31(20-36(34)41)14-16-37-44(35)54-46(52-37)40-18-29(25-63-4)24-58(40)48(60)43(56-50(62)65-6)30-11-9-8-10-12-30/h8-16,19-22,27-29,39-40,42-43H,7,17-18,23-26H2,1-6H3,(H,51,53)(H,52,54)(H,55,61)(H,56,62)/t27-,28-,29-,39?,40-,42-,43?/m0/s1. The van der Waals surface area contributed by atoms with E-state index in [0.717, 1.165) is 61.9 Å². The van der Waals surface area contributed by atoms with E-state index in [2.05, 4.69) is 63.9 Å². The number of carbonyl (C=O) groups is 4. The van der Waals surface area contributed by atoms with Crippen molar-refractivity contribution in [1.29, 1.82) is 0 Å². The Hall–Kier alpha value is -6.94. The minimum atomic E-state index is -0.956. The molecule has 4 aromatic carbocycles. The quantitative estimate of drug-likeness (QED) is 0.0936. The molecule has 0 bridgehead atoms. The van der Waals surface area contributed by atoms with E-state index in [-0.39, 0.29) is 35.6 Å². The van der Waals surface area contributed by atoms with Crippen molar-refractivity contribution in [3.63, 3.8) is 0 Å². The molecule has 4 amide bonds. The zero-order valence-corrected chi connectivity index (χ0v) is 38.1.